The zero-order chi connectivity index (χ0) is 20.5. The van der Waals surface area contributed by atoms with Crippen LogP contribution in [0.4, 0.5) is 5.69 Å². The molecular weight excluding hydrogens is 378 g/mol. The fraction of sp³-hybridized carbons (Fsp3) is 0.348. The highest BCUT2D eigenvalue weighted by molar-refractivity contribution is 6.06. The van der Waals surface area contributed by atoms with E-state index in [1.54, 1.807) is 4.90 Å². The molecule has 7 nitrogen and oxygen atoms in total. The largest absolute Gasteiger partial charge is 0.345 e. The summed E-state index contributed by atoms with van der Waals surface area (Å²) in [4.78, 5) is 29.7. The molecule has 1 N–H and O–H groups in total. The fourth-order valence-electron chi connectivity index (χ4n) is 4.58. The molecule has 2 amide bonds. The first kappa shape index (κ1) is 18.7. The quantitative estimate of drug-likeness (QED) is 0.727. The van der Waals surface area contributed by atoms with E-state index >= 15 is 0 Å². The van der Waals surface area contributed by atoms with Crippen LogP contribution in [0.15, 0.2) is 54.9 Å². The van der Waals surface area contributed by atoms with Crippen LogP contribution in [0.1, 0.15) is 47.1 Å². The van der Waals surface area contributed by atoms with Crippen LogP contribution in [0, 0.1) is 0 Å². The smallest absolute Gasteiger partial charge is 0.278 e. The number of aromatic nitrogens is 3. The Labute approximate surface area is 175 Å². The molecule has 0 aliphatic carbocycles. The zero-order valence-corrected chi connectivity index (χ0v) is 16.8. The third-order valence-corrected chi connectivity index (χ3v) is 6.12. The van der Waals surface area contributed by atoms with Gasteiger partial charge in [0.1, 0.15) is 6.54 Å². The van der Waals surface area contributed by atoms with Gasteiger partial charge in [-0.1, -0.05) is 18.2 Å². The van der Waals surface area contributed by atoms with Crippen molar-refractivity contribution in [3.05, 3.63) is 71.8 Å². The van der Waals surface area contributed by atoms with Crippen LogP contribution in [0.5, 0.6) is 0 Å². The van der Waals surface area contributed by atoms with E-state index in [1.165, 1.54) is 5.56 Å². The number of H-pyrrole nitrogens is 1. The van der Waals surface area contributed by atoms with Gasteiger partial charge in [0.25, 0.3) is 5.91 Å². The first-order chi connectivity index (χ1) is 14.7. The summed E-state index contributed by atoms with van der Waals surface area (Å²) in [6.45, 7) is 1.73. The monoisotopic (exact) mass is 403 g/mol. The number of aromatic amines is 1. The Morgan fingerprint density at radius 1 is 1.07 bits per heavy atom. The summed E-state index contributed by atoms with van der Waals surface area (Å²) in [7, 11) is 0. The normalized spacial score (nSPS) is 18.5. The number of anilines is 1. The molecule has 7 heteroatoms. The van der Waals surface area contributed by atoms with Gasteiger partial charge in [0.05, 0.1) is 11.7 Å². The Kier molecular flexibility index (Phi) is 4.86. The lowest BCUT2D eigenvalue weighted by Crippen LogP contribution is -2.40. The molecule has 1 atom stereocenters. The Morgan fingerprint density at radius 3 is 2.77 bits per heavy atom. The maximum atomic E-state index is 13.1. The van der Waals surface area contributed by atoms with Crippen molar-refractivity contribution < 1.29 is 9.59 Å². The van der Waals surface area contributed by atoms with Gasteiger partial charge >= 0.3 is 0 Å². The summed E-state index contributed by atoms with van der Waals surface area (Å²) in [5.41, 5.74) is 3.40. The lowest BCUT2D eigenvalue weighted by molar-refractivity contribution is -0.135. The van der Waals surface area contributed by atoms with Crippen LogP contribution in [0.2, 0.25) is 0 Å². The van der Waals surface area contributed by atoms with E-state index in [1.807, 2.05) is 58.3 Å². The molecule has 1 fully saturated rings. The maximum absolute atomic E-state index is 13.1. The van der Waals surface area contributed by atoms with Crippen LogP contribution in [-0.2, 0) is 17.8 Å². The van der Waals surface area contributed by atoms with Gasteiger partial charge in [0.2, 0.25) is 5.91 Å². The van der Waals surface area contributed by atoms with Crippen molar-refractivity contribution in [2.45, 2.75) is 38.3 Å². The van der Waals surface area contributed by atoms with Crippen molar-refractivity contribution in [2.24, 2.45) is 0 Å². The highest BCUT2D eigenvalue weighted by atomic mass is 16.2. The molecule has 0 spiro atoms. The van der Waals surface area contributed by atoms with Crippen molar-refractivity contribution in [3.8, 4) is 0 Å². The summed E-state index contributed by atoms with van der Waals surface area (Å²) >= 11 is 0. The predicted molar refractivity (Wildman–Crippen MR) is 113 cm³/mol. The Bertz CT molecular complexity index is 1060. The number of nitrogens with zero attached hydrogens (tertiary/aromatic N) is 4. The number of likely N-dealkylation sites (tertiary alicyclic amines) is 1. The first-order valence-corrected chi connectivity index (χ1v) is 10.6. The third-order valence-electron chi connectivity index (χ3n) is 6.12. The Morgan fingerprint density at radius 2 is 1.90 bits per heavy atom. The van der Waals surface area contributed by atoms with Crippen LogP contribution in [-0.4, -0.2) is 44.6 Å². The van der Waals surface area contributed by atoms with Gasteiger partial charge in [0, 0.05) is 31.2 Å². The highest BCUT2D eigenvalue weighted by Crippen LogP contribution is 2.32. The fourth-order valence-corrected chi connectivity index (χ4v) is 4.58. The number of fused-ring (bicyclic) bond motifs is 1. The SMILES string of the molecule is O=C(c1cc(C2CCCCN2C(=O)Cn2cccc2)[nH]n1)N1CCc2ccccc21. The maximum Gasteiger partial charge on any atom is 0.278 e. The molecule has 3 aromatic rings. The van der Waals surface area contributed by atoms with Gasteiger partial charge in [-0.2, -0.15) is 5.10 Å². The molecule has 30 heavy (non-hydrogen) atoms. The number of hydrogen-bond donors (Lipinski definition) is 1. The molecule has 0 radical (unpaired) electrons. The number of amides is 2. The summed E-state index contributed by atoms with van der Waals surface area (Å²) in [5.74, 6) is -0.00433. The third kappa shape index (κ3) is 3.40. The number of rotatable bonds is 4. The van der Waals surface area contributed by atoms with E-state index in [0.717, 1.165) is 43.6 Å². The number of piperidine rings is 1. The first-order valence-electron chi connectivity index (χ1n) is 10.6. The summed E-state index contributed by atoms with van der Waals surface area (Å²) in [6, 6.07) is 13.6. The highest BCUT2D eigenvalue weighted by Gasteiger charge is 2.31. The standard InChI is InChI=1S/C23H25N5O2/c29-22(16-26-11-5-6-12-26)27-13-4-3-9-21(27)18-15-19(25-24-18)23(30)28-14-10-17-7-1-2-8-20(17)28/h1-2,5-8,11-12,15,21H,3-4,9-10,13-14,16H2,(H,24,25). The minimum atomic E-state index is -0.0940. The van der Waals surface area contributed by atoms with Crippen LogP contribution >= 0.6 is 0 Å². The molecule has 0 bridgehead atoms. The minimum absolute atomic E-state index is 0.0678. The molecule has 1 unspecified atom stereocenters. The molecule has 1 saturated heterocycles. The topological polar surface area (TPSA) is 74.2 Å². The second-order valence-electron chi connectivity index (χ2n) is 8.00. The number of nitrogens with one attached hydrogen (secondary N) is 1. The summed E-state index contributed by atoms with van der Waals surface area (Å²) in [5, 5.41) is 7.37. The van der Waals surface area contributed by atoms with Gasteiger partial charge in [-0.25, -0.2) is 0 Å². The lowest BCUT2D eigenvalue weighted by Gasteiger charge is -2.35. The Balaban J connectivity index is 1.34. The van der Waals surface area contributed by atoms with Gasteiger partial charge < -0.3 is 14.4 Å². The van der Waals surface area contributed by atoms with Gasteiger partial charge in [-0.05, 0) is 55.5 Å². The molecule has 1 aromatic carbocycles. The average Bonchev–Trinajstić information content (AvgIpc) is 3.53. The van der Waals surface area contributed by atoms with Crippen molar-refractivity contribution >= 4 is 17.5 Å². The molecule has 2 aliphatic heterocycles. The minimum Gasteiger partial charge on any atom is -0.345 e. The molecular formula is C23H25N5O2. The van der Waals surface area contributed by atoms with Crippen molar-refractivity contribution in [1.29, 1.82) is 0 Å². The predicted octanol–water partition coefficient (Wildman–Crippen LogP) is 3.17. The molecule has 4 heterocycles. The van der Waals surface area contributed by atoms with E-state index in [-0.39, 0.29) is 17.9 Å². The molecule has 154 valence electrons. The van der Waals surface area contributed by atoms with E-state index < -0.39 is 0 Å². The second-order valence-corrected chi connectivity index (χ2v) is 8.00. The van der Waals surface area contributed by atoms with Crippen molar-refractivity contribution in [3.63, 3.8) is 0 Å². The van der Waals surface area contributed by atoms with E-state index in [9.17, 15) is 9.59 Å². The zero-order valence-electron chi connectivity index (χ0n) is 16.8. The molecule has 5 rings (SSSR count). The van der Waals surface area contributed by atoms with E-state index in [4.69, 9.17) is 0 Å². The number of carbonyl (C=O) groups excluding carboxylic acids is 2. The molecule has 2 aliphatic rings. The number of hydrogen-bond acceptors (Lipinski definition) is 3. The van der Waals surface area contributed by atoms with Gasteiger partial charge in [-0.15, -0.1) is 0 Å². The van der Waals surface area contributed by atoms with E-state index in [2.05, 4.69) is 16.3 Å². The second kappa shape index (κ2) is 7.82. The lowest BCUT2D eigenvalue weighted by atomic mass is 9.99. The molecule has 2 aromatic heterocycles. The van der Waals surface area contributed by atoms with Crippen molar-refractivity contribution in [2.75, 3.05) is 18.0 Å². The van der Waals surface area contributed by atoms with Gasteiger partial charge in [0.15, 0.2) is 5.69 Å². The van der Waals surface area contributed by atoms with Crippen LogP contribution in [0.25, 0.3) is 0 Å². The van der Waals surface area contributed by atoms with Crippen LogP contribution in [0.3, 0.4) is 0 Å². The van der Waals surface area contributed by atoms with Crippen LogP contribution < -0.4 is 4.90 Å². The average molecular weight is 403 g/mol. The number of carbonyl (C=O) groups is 2. The number of para-hydroxylation sites is 1. The van der Waals surface area contributed by atoms with E-state index in [0.29, 0.717) is 18.8 Å². The van der Waals surface area contributed by atoms with Gasteiger partial charge in [-0.3, -0.25) is 14.7 Å². The molecule has 0 saturated carbocycles. The summed E-state index contributed by atoms with van der Waals surface area (Å²) < 4.78 is 1.89. The number of benzene rings is 1. The van der Waals surface area contributed by atoms with Crippen molar-refractivity contribution in [1.82, 2.24) is 19.7 Å². The Hall–Kier alpha value is -3.35. The summed E-state index contributed by atoms with van der Waals surface area (Å²) in [6.07, 6.45) is 7.59.